The van der Waals surface area contributed by atoms with E-state index in [4.69, 9.17) is 5.73 Å². The Morgan fingerprint density at radius 1 is 1.21 bits per heavy atom. The molecule has 0 saturated heterocycles. The number of hydrogen-bond acceptors (Lipinski definition) is 2. The number of nitrogens with one attached hydrogen (secondary N) is 1. The first-order valence-corrected chi connectivity index (χ1v) is 6.28. The van der Waals surface area contributed by atoms with Crippen LogP contribution < -0.4 is 11.1 Å². The summed E-state index contributed by atoms with van der Waals surface area (Å²) in [5.74, 6) is 2.66. The molecule has 0 bridgehead atoms. The molecule has 0 aromatic carbocycles. The Hall–Kier alpha value is -0.0800. The van der Waals surface area contributed by atoms with E-state index in [1.165, 1.54) is 38.6 Å². The molecule has 0 aliphatic heterocycles. The Morgan fingerprint density at radius 2 is 2.00 bits per heavy atom. The van der Waals surface area contributed by atoms with Crippen LogP contribution in [0.1, 0.15) is 39.0 Å². The van der Waals surface area contributed by atoms with Gasteiger partial charge in [0.1, 0.15) is 0 Å². The normalized spacial score (nSPS) is 41.6. The standard InChI is InChI=1S/C12H24N2/c1-2-9-6-12(9)14-8-11-5-3-4-10(11)7-13/h9-12,14H,2-8,13H2,1H3. The summed E-state index contributed by atoms with van der Waals surface area (Å²) in [5.41, 5.74) is 5.77. The molecule has 2 aliphatic carbocycles. The fourth-order valence-electron chi connectivity index (χ4n) is 2.94. The molecule has 0 amide bonds. The zero-order chi connectivity index (χ0) is 9.97. The minimum atomic E-state index is 0.807. The van der Waals surface area contributed by atoms with Crippen molar-refractivity contribution in [2.45, 2.75) is 45.1 Å². The van der Waals surface area contributed by atoms with E-state index in [-0.39, 0.29) is 0 Å². The predicted octanol–water partition coefficient (Wildman–Crippen LogP) is 1.75. The van der Waals surface area contributed by atoms with Crippen LogP contribution in [0.3, 0.4) is 0 Å². The molecule has 2 saturated carbocycles. The van der Waals surface area contributed by atoms with Gasteiger partial charge in [-0.3, -0.25) is 0 Å². The molecule has 0 aromatic rings. The van der Waals surface area contributed by atoms with Crippen molar-refractivity contribution in [2.24, 2.45) is 23.5 Å². The third-order valence-corrected chi connectivity index (χ3v) is 4.21. The van der Waals surface area contributed by atoms with E-state index >= 15 is 0 Å². The summed E-state index contributed by atoms with van der Waals surface area (Å²) >= 11 is 0. The van der Waals surface area contributed by atoms with Gasteiger partial charge in [-0.1, -0.05) is 19.8 Å². The average Bonchev–Trinajstić information content (AvgIpc) is 2.83. The second-order valence-corrected chi connectivity index (χ2v) is 5.11. The van der Waals surface area contributed by atoms with Gasteiger partial charge in [0.15, 0.2) is 0 Å². The minimum Gasteiger partial charge on any atom is -0.330 e. The first-order valence-electron chi connectivity index (χ1n) is 6.28. The fraction of sp³-hybridized carbons (Fsp3) is 1.00. The predicted molar refractivity (Wildman–Crippen MR) is 60.1 cm³/mol. The monoisotopic (exact) mass is 196 g/mol. The lowest BCUT2D eigenvalue weighted by atomic mass is 9.96. The summed E-state index contributed by atoms with van der Waals surface area (Å²) < 4.78 is 0. The first-order chi connectivity index (χ1) is 6.85. The number of hydrogen-bond donors (Lipinski definition) is 2. The average molecular weight is 196 g/mol. The molecule has 0 spiro atoms. The molecule has 14 heavy (non-hydrogen) atoms. The Bertz CT molecular complexity index is 181. The molecule has 0 aromatic heterocycles. The quantitative estimate of drug-likeness (QED) is 0.703. The van der Waals surface area contributed by atoms with Crippen LogP contribution in [0.25, 0.3) is 0 Å². The maximum atomic E-state index is 5.77. The van der Waals surface area contributed by atoms with Gasteiger partial charge < -0.3 is 11.1 Å². The largest absolute Gasteiger partial charge is 0.330 e. The van der Waals surface area contributed by atoms with Crippen molar-refractivity contribution in [3.63, 3.8) is 0 Å². The fourth-order valence-corrected chi connectivity index (χ4v) is 2.94. The molecule has 3 N–H and O–H groups in total. The van der Waals surface area contributed by atoms with Crippen molar-refractivity contribution < 1.29 is 0 Å². The first kappa shape index (κ1) is 10.4. The van der Waals surface area contributed by atoms with Crippen LogP contribution in [0.4, 0.5) is 0 Å². The highest BCUT2D eigenvalue weighted by atomic mass is 15.0. The molecule has 4 unspecified atom stereocenters. The van der Waals surface area contributed by atoms with Gasteiger partial charge in [-0.05, 0) is 50.1 Å². The summed E-state index contributed by atoms with van der Waals surface area (Å²) in [5, 5.41) is 3.71. The van der Waals surface area contributed by atoms with Crippen molar-refractivity contribution >= 4 is 0 Å². The molecule has 2 aliphatic rings. The third-order valence-electron chi connectivity index (χ3n) is 4.21. The summed E-state index contributed by atoms with van der Waals surface area (Å²) in [6, 6.07) is 0.846. The minimum absolute atomic E-state index is 0.807. The van der Waals surface area contributed by atoms with Crippen LogP contribution in [0.5, 0.6) is 0 Å². The van der Waals surface area contributed by atoms with Crippen molar-refractivity contribution in [2.75, 3.05) is 13.1 Å². The van der Waals surface area contributed by atoms with E-state index in [0.29, 0.717) is 0 Å². The van der Waals surface area contributed by atoms with Crippen LogP contribution in [-0.2, 0) is 0 Å². The summed E-state index contributed by atoms with van der Waals surface area (Å²) in [4.78, 5) is 0. The van der Waals surface area contributed by atoms with Gasteiger partial charge in [-0.25, -0.2) is 0 Å². The summed E-state index contributed by atoms with van der Waals surface area (Å²) in [6.45, 7) is 4.42. The Kier molecular flexibility index (Phi) is 3.45. The lowest BCUT2D eigenvalue weighted by Crippen LogP contribution is -2.30. The van der Waals surface area contributed by atoms with E-state index < -0.39 is 0 Å². The Morgan fingerprint density at radius 3 is 2.64 bits per heavy atom. The van der Waals surface area contributed by atoms with Gasteiger partial charge in [0.05, 0.1) is 0 Å². The van der Waals surface area contributed by atoms with Crippen LogP contribution in [0.15, 0.2) is 0 Å². The Labute approximate surface area is 87.6 Å². The molecular formula is C12H24N2. The number of nitrogens with two attached hydrogens (primary N) is 1. The lowest BCUT2D eigenvalue weighted by Gasteiger charge is -2.18. The number of rotatable bonds is 5. The van der Waals surface area contributed by atoms with Crippen LogP contribution >= 0.6 is 0 Å². The second-order valence-electron chi connectivity index (χ2n) is 5.11. The smallest absolute Gasteiger partial charge is 0.00991 e. The SMILES string of the molecule is CCC1CC1NCC1CCCC1CN. The van der Waals surface area contributed by atoms with Crippen molar-refractivity contribution in [3.05, 3.63) is 0 Å². The van der Waals surface area contributed by atoms with Gasteiger partial charge in [-0.2, -0.15) is 0 Å². The van der Waals surface area contributed by atoms with Crippen molar-refractivity contribution in [3.8, 4) is 0 Å². The van der Waals surface area contributed by atoms with Gasteiger partial charge in [-0.15, -0.1) is 0 Å². The molecular weight excluding hydrogens is 172 g/mol. The van der Waals surface area contributed by atoms with Gasteiger partial charge in [0, 0.05) is 6.04 Å². The van der Waals surface area contributed by atoms with E-state index in [9.17, 15) is 0 Å². The topological polar surface area (TPSA) is 38.0 Å². The highest BCUT2D eigenvalue weighted by Gasteiger charge is 2.36. The lowest BCUT2D eigenvalue weighted by molar-refractivity contribution is 0.370. The zero-order valence-corrected chi connectivity index (χ0v) is 9.34. The van der Waals surface area contributed by atoms with E-state index in [1.807, 2.05) is 0 Å². The Balaban J connectivity index is 1.65. The van der Waals surface area contributed by atoms with Crippen LogP contribution in [0.2, 0.25) is 0 Å². The molecule has 2 heteroatoms. The van der Waals surface area contributed by atoms with E-state index in [0.717, 1.165) is 30.3 Å². The third kappa shape index (κ3) is 2.29. The summed E-state index contributed by atoms with van der Waals surface area (Å²) in [7, 11) is 0. The molecule has 2 nitrogen and oxygen atoms in total. The second kappa shape index (κ2) is 4.63. The van der Waals surface area contributed by atoms with Crippen LogP contribution in [0, 0.1) is 17.8 Å². The van der Waals surface area contributed by atoms with Crippen LogP contribution in [-0.4, -0.2) is 19.1 Å². The van der Waals surface area contributed by atoms with E-state index in [1.54, 1.807) is 0 Å². The maximum Gasteiger partial charge on any atom is 0.00991 e. The van der Waals surface area contributed by atoms with Crippen molar-refractivity contribution in [1.82, 2.24) is 5.32 Å². The highest BCUT2D eigenvalue weighted by Crippen LogP contribution is 2.35. The van der Waals surface area contributed by atoms with Gasteiger partial charge in [0.2, 0.25) is 0 Å². The van der Waals surface area contributed by atoms with Gasteiger partial charge >= 0.3 is 0 Å². The highest BCUT2D eigenvalue weighted by molar-refractivity contribution is 4.93. The van der Waals surface area contributed by atoms with E-state index in [2.05, 4.69) is 12.2 Å². The molecule has 0 radical (unpaired) electrons. The zero-order valence-electron chi connectivity index (χ0n) is 9.34. The molecule has 0 heterocycles. The molecule has 82 valence electrons. The molecule has 2 rings (SSSR count). The summed E-state index contributed by atoms with van der Waals surface area (Å²) in [6.07, 6.45) is 6.93. The van der Waals surface area contributed by atoms with Crippen molar-refractivity contribution in [1.29, 1.82) is 0 Å². The van der Waals surface area contributed by atoms with Gasteiger partial charge in [0.25, 0.3) is 0 Å². The molecule has 4 atom stereocenters. The molecule has 2 fully saturated rings. The maximum absolute atomic E-state index is 5.77.